The quantitative estimate of drug-likeness (QED) is 0.819. The molecule has 0 atom stereocenters. The van der Waals surface area contributed by atoms with E-state index in [9.17, 15) is 5.11 Å². The first-order valence-corrected chi connectivity index (χ1v) is 7.00. The maximum absolute atomic E-state index is 9.62. The third-order valence-electron chi connectivity index (χ3n) is 2.90. The lowest BCUT2D eigenvalue weighted by molar-refractivity contribution is 0.211. The summed E-state index contributed by atoms with van der Waals surface area (Å²) in [6.45, 7) is 12.0. The fourth-order valence-electron chi connectivity index (χ4n) is 2.32. The van der Waals surface area contributed by atoms with E-state index < -0.39 is 0 Å². The van der Waals surface area contributed by atoms with Crippen LogP contribution in [0.4, 0.5) is 0 Å². The summed E-state index contributed by atoms with van der Waals surface area (Å²) in [5, 5.41) is 9.62. The lowest BCUT2D eigenvalue weighted by Crippen LogP contribution is -2.30. The molecule has 0 saturated heterocycles. The van der Waals surface area contributed by atoms with E-state index in [0.717, 1.165) is 19.6 Å². The fourth-order valence-corrected chi connectivity index (χ4v) is 2.32. The van der Waals surface area contributed by atoms with Gasteiger partial charge in [-0.3, -0.25) is 4.90 Å². The second-order valence-electron chi connectivity index (χ2n) is 5.99. The second kappa shape index (κ2) is 7.39. The van der Waals surface area contributed by atoms with Gasteiger partial charge in [-0.1, -0.05) is 33.8 Å². The molecule has 108 valence electrons. The highest BCUT2D eigenvalue weighted by molar-refractivity contribution is 5.41. The molecule has 0 unspecified atom stereocenters. The minimum absolute atomic E-state index is 0.200. The van der Waals surface area contributed by atoms with Gasteiger partial charge in [-0.15, -0.1) is 0 Å². The number of phenols is 1. The summed E-state index contributed by atoms with van der Waals surface area (Å²) in [5.41, 5.74) is 1.18. The number of hydrogen-bond acceptors (Lipinski definition) is 3. The average Bonchev–Trinajstić information content (AvgIpc) is 2.29. The minimum atomic E-state index is 0.200. The first-order valence-electron chi connectivity index (χ1n) is 7.00. The van der Waals surface area contributed by atoms with Crippen molar-refractivity contribution in [2.45, 2.75) is 34.2 Å². The molecule has 0 aromatic heterocycles. The first kappa shape index (κ1) is 15.8. The molecule has 3 heteroatoms. The van der Waals surface area contributed by atoms with E-state index in [-0.39, 0.29) is 5.75 Å². The number of nitrogens with zero attached hydrogens (tertiary/aromatic N) is 1. The van der Waals surface area contributed by atoms with Gasteiger partial charge in [0.2, 0.25) is 0 Å². The van der Waals surface area contributed by atoms with Gasteiger partial charge in [-0.2, -0.15) is 0 Å². The summed E-state index contributed by atoms with van der Waals surface area (Å²) < 4.78 is 5.16. The predicted molar refractivity (Wildman–Crippen MR) is 79.6 cm³/mol. The third-order valence-corrected chi connectivity index (χ3v) is 2.90. The molecule has 1 N–H and O–H groups in total. The molecule has 0 aliphatic heterocycles. The average molecular weight is 265 g/mol. The standard InChI is InChI=1S/C16H27NO2/c1-12(2)9-17(10-13(3)4)11-14-6-7-15(18)16(8-14)19-5/h6-8,12-13,18H,9-11H2,1-5H3. The van der Waals surface area contributed by atoms with Crippen LogP contribution in [0, 0.1) is 11.8 Å². The SMILES string of the molecule is COc1cc(CN(CC(C)C)CC(C)C)ccc1O. The fraction of sp³-hybridized carbons (Fsp3) is 0.625. The maximum atomic E-state index is 9.62. The molecule has 3 nitrogen and oxygen atoms in total. The van der Waals surface area contributed by atoms with Crippen molar-refractivity contribution in [3.63, 3.8) is 0 Å². The zero-order chi connectivity index (χ0) is 14.4. The van der Waals surface area contributed by atoms with Crippen molar-refractivity contribution in [2.75, 3.05) is 20.2 Å². The van der Waals surface area contributed by atoms with Gasteiger partial charge in [0.25, 0.3) is 0 Å². The Hall–Kier alpha value is -1.22. The van der Waals surface area contributed by atoms with Crippen LogP contribution < -0.4 is 4.74 Å². The summed E-state index contributed by atoms with van der Waals surface area (Å²) >= 11 is 0. The molecule has 0 aliphatic rings. The van der Waals surface area contributed by atoms with E-state index in [2.05, 4.69) is 32.6 Å². The Labute approximate surface area is 117 Å². The Balaban J connectivity index is 2.77. The van der Waals surface area contributed by atoms with Gasteiger partial charge in [0.05, 0.1) is 7.11 Å². The lowest BCUT2D eigenvalue weighted by atomic mass is 10.1. The number of hydrogen-bond donors (Lipinski definition) is 1. The van der Waals surface area contributed by atoms with Crippen LogP contribution in [0.3, 0.4) is 0 Å². The smallest absolute Gasteiger partial charge is 0.160 e. The van der Waals surface area contributed by atoms with E-state index in [1.807, 2.05) is 12.1 Å². The van der Waals surface area contributed by atoms with E-state index in [4.69, 9.17) is 4.74 Å². The number of aromatic hydroxyl groups is 1. The molecule has 19 heavy (non-hydrogen) atoms. The van der Waals surface area contributed by atoms with Crippen molar-refractivity contribution in [1.29, 1.82) is 0 Å². The van der Waals surface area contributed by atoms with Gasteiger partial charge < -0.3 is 9.84 Å². The zero-order valence-electron chi connectivity index (χ0n) is 12.8. The van der Waals surface area contributed by atoms with Crippen LogP contribution in [0.5, 0.6) is 11.5 Å². The van der Waals surface area contributed by atoms with Gasteiger partial charge in [-0.25, -0.2) is 0 Å². The van der Waals surface area contributed by atoms with Crippen LogP contribution >= 0.6 is 0 Å². The van der Waals surface area contributed by atoms with Crippen molar-refractivity contribution in [3.05, 3.63) is 23.8 Å². The highest BCUT2D eigenvalue weighted by atomic mass is 16.5. The van der Waals surface area contributed by atoms with Crippen molar-refractivity contribution in [2.24, 2.45) is 11.8 Å². The Morgan fingerprint density at radius 2 is 1.68 bits per heavy atom. The Bertz CT molecular complexity index is 378. The molecular weight excluding hydrogens is 238 g/mol. The second-order valence-corrected chi connectivity index (χ2v) is 5.99. The van der Waals surface area contributed by atoms with Gasteiger partial charge >= 0.3 is 0 Å². The normalized spacial score (nSPS) is 11.6. The third kappa shape index (κ3) is 5.52. The van der Waals surface area contributed by atoms with E-state index >= 15 is 0 Å². The minimum Gasteiger partial charge on any atom is -0.504 e. The monoisotopic (exact) mass is 265 g/mol. The molecule has 0 fully saturated rings. The van der Waals surface area contributed by atoms with Gasteiger partial charge in [0.1, 0.15) is 0 Å². The topological polar surface area (TPSA) is 32.7 Å². The van der Waals surface area contributed by atoms with E-state index in [1.165, 1.54) is 5.56 Å². The molecule has 0 amide bonds. The van der Waals surface area contributed by atoms with Gasteiger partial charge in [0.15, 0.2) is 11.5 Å². The molecular formula is C16H27NO2. The van der Waals surface area contributed by atoms with Crippen molar-refractivity contribution >= 4 is 0 Å². The van der Waals surface area contributed by atoms with Crippen LogP contribution in [-0.2, 0) is 6.54 Å². The van der Waals surface area contributed by atoms with E-state index in [1.54, 1.807) is 13.2 Å². The lowest BCUT2D eigenvalue weighted by Gasteiger charge is -2.26. The number of methoxy groups -OCH3 is 1. The van der Waals surface area contributed by atoms with Crippen LogP contribution in [0.25, 0.3) is 0 Å². The van der Waals surface area contributed by atoms with Crippen LogP contribution in [0.15, 0.2) is 18.2 Å². The Kier molecular flexibility index (Phi) is 6.16. The summed E-state index contributed by atoms with van der Waals surface area (Å²) in [6, 6.07) is 5.59. The van der Waals surface area contributed by atoms with Crippen molar-refractivity contribution in [1.82, 2.24) is 4.90 Å². The number of rotatable bonds is 7. The van der Waals surface area contributed by atoms with Crippen LogP contribution in [0.2, 0.25) is 0 Å². The van der Waals surface area contributed by atoms with Crippen LogP contribution in [0.1, 0.15) is 33.3 Å². The number of benzene rings is 1. The molecule has 0 heterocycles. The summed E-state index contributed by atoms with van der Waals surface area (Å²) in [6.07, 6.45) is 0. The number of phenolic OH excluding ortho intramolecular Hbond substituents is 1. The largest absolute Gasteiger partial charge is 0.504 e. The van der Waals surface area contributed by atoms with Crippen molar-refractivity contribution in [3.8, 4) is 11.5 Å². The van der Waals surface area contributed by atoms with Gasteiger partial charge in [0, 0.05) is 19.6 Å². The van der Waals surface area contributed by atoms with Gasteiger partial charge in [-0.05, 0) is 29.5 Å². The molecule has 0 aliphatic carbocycles. The van der Waals surface area contributed by atoms with Crippen LogP contribution in [-0.4, -0.2) is 30.2 Å². The highest BCUT2D eigenvalue weighted by Gasteiger charge is 2.11. The molecule has 1 aromatic rings. The maximum Gasteiger partial charge on any atom is 0.160 e. The molecule has 0 spiro atoms. The first-order chi connectivity index (χ1) is 8.92. The summed E-state index contributed by atoms with van der Waals surface area (Å²) in [7, 11) is 1.58. The zero-order valence-corrected chi connectivity index (χ0v) is 12.8. The molecule has 0 saturated carbocycles. The summed E-state index contributed by atoms with van der Waals surface area (Å²) in [4.78, 5) is 2.46. The Morgan fingerprint density at radius 3 is 2.16 bits per heavy atom. The molecule has 0 bridgehead atoms. The highest BCUT2D eigenvalue weighted by Crippen LogP contribution is 2.27. The molecule has 1 rings (SSSR count). The predicted octanol–water partition coefficient (Wildman–Crippen LogP) is 3.51. The molecule has 0 radical (unpaired) electrons. The van der Waals surface area contributed by atoms with E-state index in [0.29, 0.717) is 17.6 Å². The Morgan fingerprint density at radius 1 is 1.11 bits per heavy atom. The van der Waals surface area contributed by atoms with Crippen molar-refractivity contribution < 1.29 is 9.84 Å². The summed E-state index contributed by atoms with van der Waals surface area (Å²) in [5.74, 6) is 2.05. The molecule has 1 aromatic carbocycles. The number of ether oxygens (including phenoxy) is 1.